The van der Waals surface area contributed by atoms with Gasteiger partial charge < -0.3 is 4.90 Å². The molecule has 134 valence electrons. The molecule has 0 aliphatic rings. The maximum absolute atomic E-state index is 9.27. The molecule has 0 amide bonds. The summed E-state index contributed by atoms with van der Waals surface area (Å²) in [5.41, 5.74) is 3.04. The first-order chi connectivity index (χ1) is 12.6. The van der Waals surface area contributed by atoms with Gasteiger partial charge in [-0.3, -0.25) is 0 Å². The molecular weight excluding hydrogens is 342 g/mol. The van der Waals surface area contributed by atoms with Gasteiger partial charge in [-0.1, -0.05) is 19.8 Å². The van der Waals surface area contributed by atoms with E-state index in [9.17, 15) is 5.26 Å². The van der Waals surface area contributed by atoms with Gasteiger partial charge in [-0.25, -0.2) is 4.85 Å². The number of benzene rings is 1. The molecule has 2 rings (SSSR count). The molecule has 0 spiro atoms. The topological polar surface area (TPSA) is 56.1 Å². The summed E-state index contributed by atoms with van der Waals surface area (Å²) in [6.07, 6.45) is 3.67. The molecule has 0 saturated heterocycles. The molecule has 6 heteroatoms. The lowest BCUT2D eigenvalue weighted by atomic mass is 10.2. The predicted molar refractivity (Wildman–Crippen MR) is 108 cm³/mol. The van der Waals surface area contributed by atoms with Crippen LogP contribution in [0.15, 0.2) is 34.5 Å². The minimum absolute atomic E-state index is 0.439. The Morgan fingerprint density at radius 3 is 2.50 bits per heavy atom. The number of thiophene rings is 1. The van der Waals surface area contributed by atoms with Crippen LogP contribution < -0.4 is 4.90 Å². The summed E-state index contributed by atoms with van der Waals surface area (Å²) in [6, 6.07) is 10.1. The molecule has 1 aromatic carbocycles. The third-order valence-corrected chi connectivity index (χ3v) is 5.27. The Morgan fingerprint density at radius 1 is 1.19 bits per heavy atom. The summed E-state index contributed by atoms with van der Waals surface area (Å²) < 4.78 is 0. The number of nitrogens with zero attached hydrogens (tertiary/aromatic N) is 5. The molecule has 0 atom stereocenters. The Labute approximate surface area is 159 Å². The van der Waals surface area contributed by atoms with Crippen molar-refractivity contribution in [3.8, 4) is 6.07 Å². The fourth-order valence-electron chi connectivity index (χ4n) is 2.65. The molecular formula is C20H23N5S. The smallest absolute Gasteiger partial charge is 0.247 e. The molecule has 0 bridgehead atoms. The number of azo groups is 1. The molecule has 0 aliphatic carbocycles. The second-order valence-corrected chi connectivity index (χ2v) is 6.92. The molecule has 5 nitrogen and oxygen atoms in total. The molecule has 0 aliphatic heterocycles. The Balaban J connectivity index is 2.13. The standard InChI is InChI=1S/C20H23N5S/c1-5-7-8-13-25(6-2)17-11-9-16(10-12-17)23-24-20-18(14-21)15(3)19(22-4)26-20/h9-12H,5-8,13H2,1-3H3. The van der Waals surface area contributed by atoms with Crippen LogP contribution in [0.25, 0.3) is 4.85 Å². The van der Waals surface area contributed by atoms with Gasteiger partial charge in [0.05, 0.1) is 17.8 Å². The molecule has 0 saturated carbocycles. The van der Waals surface area contributed by atoms with Crippen LogP contribution in [0.4, 0.5) is 21.4 Å². The van der Waals surface area contributed by atoms with E-state index in [0.717, 1.165) is 18.8 Å². The zero-order valence-electron chi connectivity index (χ0n) is 15.5. The zero-order chi connectivity index (χ0) is 18.9. The van der Waals surface area contributed by atoms with Gasteiger partial charge in [0.25, 0.3) is 0 Å². The highest BCUT2D eigenvalue weighted by Crippen LogP contribution is 2.41. The number of nitriles is 1. The summed E-state index contributed by atoms with van der Waals surface area (Å²) in [5.74, 6) is 0. The van der Waals surface area contributed by atoms with Gasteiger partial charge in [0, 0.05) is 18.8 Å². The Bertz CT molecular complexity index is 837. The van der Waals surface area contributed by atoms with Crippen LogP contribution in [0.1, 0.15) is 44.2 Å². The average Bonchev–Trinajstić information content (AvgIpc) is 2.99. The Kier molecular flexibility index (Phi) is 7.32. The van der Waals surface area contributed by atoms with Gasteiger partial charge in [-0.2, -0.15) is 5.26 Å². The zero-order valence-corrected chi connectivity index (χ0v) is 16.3. The highest BCUT2D eigenvalue weighted by Gasteiger charge is 2.14. The van der Waals surface area contributed by atoms with E-state index in [2.05, 4.69) is 52.0 Å². The van der Waals surface area contributed by atoms with E-state index < -0.39 is 0 Å². The van der Waals surface area contributed by atoms with Gasteiger partial charge in [0.15, 0.2) is 0 Å². The Morgan fingerprint density at radius 2 is 1.92 bits per heavy atom. The normalized spacial score (nSPS) is 10.7. The van der Waals surface area contributed by atoms with E-state index in [1.54, 1.807) is 6.92 Å². The largest absolute Gasteiger partial charge is 0.372 e. The van der Waals surface area contributed by atoms with Crippen molar-refractivity contribution >= 4 is 32.7 Å². The van der Waals surface area contributed by atoms with Gasteiger partial charge in [0.2, 0.25) is 5.00 Å². The number of hydrogen-bond acceptors (Lipinski definition) is 5. The summed E-state index contributed by atoms with van der Waals surface area (Å²) in [4.78, 5) is 5.79. The summed E-state index contributed by atoms with van der Waals surface area (Å²) in [5, 5.41) is 18.7. The van der Waals surface area contributed by atoms with Crippen molar-refractivity contribution in [2.75, 3.05) is 18.0 Å². The number of anilines is 1. The first-order valence-corrected chi connectivity index (χ1v) is 9.63. The second kappa shape index (κ2) is 9.70. The maximum Gasteiger partial charge on any atom is 0.247 e. The van der Waals surface area contributed by atoms with E-state index in [4.69, 9.17) is 6.57 Å². The number of rotatable bonds is 8. The van der Waals surface area contributed by atoms with Crippen LogP contribution in [-0.4, -0.2) is 13.1 Å². The van der Waals surface area contributed by atoms with E-state index in [0.29, 0.717) is 21.1 Å². The van der Waals surface area contributed by atoms with E-state index in [1.165, 1.54) is 36.3 Å². The van der Waals surface area contributed by atoms with Crippen molar-refractivity contribution < 1.29 is 0 Å². The molecule has 0 fully saturated rings. The lowest BCUT2D eigenvalue weighted by molar-refractivity contribution is 0.685. The van der Waals surface area contributed by atoms with Crippen LogP contribution in [0, 0.1) is 24.8 Å². The third-order valence-electron chi connectivity index (χ3n) is 4.20. The summed E-state index contributed by atoms with van der Waals surface area (Å²) >= 11 is 1.21. The fourth-order valence-corrected chi connectivity index (χ4v) is 3.52. The van der Waals surface area contributed by atoms with Gasteiger partial charge in [-0.15, -0.1) is 21.6 Å². The number of hydrogen-bond donors (Lipinski definition) is 0. The first kappa shape index (κ1) is 19.6. The number of unbranched alkanes of at least 4 members (excludes halogenated alkanes) is 2. The van der Waals surface area contributed by atoms with Crippen LogP contribution in [-0.2, 0) is 0 Å². The quantitative estimate of drug-likeness (QED) is 0.290. The summed E-state index contributed by atoms with van der Waals surface area (Å²) in [7, 11) is 0. The van der Waals surface area contributed by atoms with Gasteiger partial charge >= 0.3 is 0 Å². The second-order valence-electron chi connectivity index (χ2n) is 5.94. The summed E-state index contributed by atoms with van der Waals surface area (Å²) in [6.45, 7) is 15.3. The van der Waals surface area contributed by atoms with Crippen molar-refractivity contribution in [1.82, 2.24) is 0 Å². The van der Waals surface area contributed by atoms with Crippen LogP contribution in [0.3, 0.4) is 0 Å². The van der Waals surface area contributed by atoms with Crippen molar-refractivity contribution in [3.63, 3.8) is 0 Å². The van der Waals surface area contributed by atoms with Crippen LogP contribution >= 0.6 is 11.3 Å². The highest BCUT2D eigenvalue weighted by molar-refractivity contribution is 7.20. The average molecular weight is 366 g/mol. The Hall–Kier alpha value is -2.70. The fraction of sp³-hybridized carbons (Fsp3) is 0.400. The minimum atomic E-state index is 0.439. The predicted octanol–water partition coefficient (Wildman–Crippen LogP) is 6.91. The molecule has 26 heavy (non-hydrogen) atoms. The third kappa shape index (κ3) is 4.68. The molecule has 1 heterocycles. The van der Waals surface area contributed by atoms with Crippen molar-refractivity contribution in [3.05, 3.63) is 46.8 Å². The molecule has 0 N–H and O–H groups in total. The van der Waals surface area contributed by atoms with E-state index in [1.807, 2.05) is 12.1 Å². The molecule has 0 radical (unpaired) electrons. The monoisotopic (exact) mass is 365 g/mol. The first-order valence-electron chi connectivity index (χ1n) is 8.82. The lowest BCUT2D eigenvalue weighted by Gasteiger charge is -2.23. The maximum atomic E-state index is 9.27. The van der Waals surface area contributed by atoms with Crippen molar-refractivity contribution in [1.29, 1.82) is 5.26 Å². The highest BCUT2D eigenvalue weighted by atomic mass is 32.1. The van der Waals surface area contributed by atoms with Crippen molar-refractivity contribution in [2.24, 2.45) is 10.2 Å². The molecule has 2 aromatic rings. The molecule has 1 aromatic heterocycles. The van der Waals surface area contributed by atoms with Crippen LogP contribution in [0.2, 0.25) is 0 Å². The van der Waals surface area contributed by atoms with E-state index >= 15 is 0 Å². The lowest BCUT2D eigenvalue weighted by Crippen LogP contribution is -2.23. The van der Waals surface area contributed by atoms with E-state index in [-0.39, 0.29) is 0 Å². The minimum Gasteiger partial charge on any atom is -0.372 e. The van der Waals surface area contributed by atoms with Gasteiger partial charge in [-0.05, 0) is 50.1 Å². The molecule has 0 unspecified atom stereocenters. The van der Waals surface area contributed by atoms with Crippen molar-refractivity contribution in [2.45, 2.75) is 40.0 Å². The van der Waals surface area contributed by atoms with Crippen LogP contribution in [0.5, 0.6) is 0 Å². The SMILES string of the molecule is [C-]#[N+]c1sc(N=Nc2ccc(N(CC)CCCCC)cc2)c(C#N)c1C. The van der Waals surface area contributed by atoms with Gasteiger partial charge in [0.1, 0.15) is 11.1 Å².